The predicted molar refractivity (Wildman–Crippen MR) is 135 cm³/mol. The Labute approximate surface area is 218 Å². The number of carbonyl (C=O) groups is 1. The van der Waals surface area contributed by atoms with Gasteiger partial charge in [-0.2, -0.15) is 0 Å². The van der Waals surface area contributed by atoms with E-state index < -0.39 is 40.2 Å². The zero-order valence-electron chi connectivity index (χ0n) is 21.1. The lowest BCUT2D eigenvalue weighted by molar-refractivity contribution is 0.0126. The highest BCUT2D eigenvalue weighted by Gasteiger charge is 2.36. The van der Waals surface area contributed by atoms with Crippen molar-refractivity contribution in [1.29, 1.82) is 0 Å². The van der Waals surface area contributed by atoms with Gasteiger partial charge in [0.15, 0.2) is 11.6 Å². The van der Waals surface area contributed by atoms with Gasteiger partial charge in [0.05, 0.1) is 29.7 Å². The summed E-state index contributed by atoms with van der Waals surface area (Å²) in [5.74, 6) is -3.85. The quantitative estimate of drug-likeness (QED) is 0.440. The maximum absolute atomic E-state index is 15.4. The number of pyridine rings is 2. The summed E-state index contributed by atoms with van der Waals surface area (Å²) in [4.78, 5) is 21.3. The normalized spacial score (nSPS) is 24.9. The highest BCUT2D eigenvalue weighted by molar-refractivity contribution is 6.03. The van der Waals surface area contributed by atoms with Gasteiger partial charge in [0.2, 0.25) is 0 Å². The van der Waals surface area contributed by atoms with E-state index in [1.807, 2.05) is 6.07 Å². The molecule has 1 amide bonds. The Morgan fingerprint density at radius 2 is 1.97 bits per heavy atom. The van der Waals surface area contributed by atoms with E-state index in [-0.39, 0.29) is 42.0 Å². The van der Waals surface area contributed by atoms with E-state index in [9.17, 15) is 14.3 Å². The Morgan fingerprint density at radius 3 is 2.74 bits per heavy atom. The molecule has 38 heavy (non-hydrogen) atoms. The van der Waals surface area contributed by atoms with Gasteiger partial charge in [-0.25, -0.2) is 18.2 Å². The van der Waals surface area contributed by atoms with E-state index in [2.05, 4.69) is 22.2 Å². The first-order chi connectivity index (χ1) is 18.0. The summed E-state index contributed by atoms with van der Waals surface area (Å²) in [5, 5.41) is 13.3. The molecule has 1 aromatic carbocycles. The molecular formula is C28H29F3N4O3. The Bertz CT molecular complexity index is 1390. The van der Waals surface area contributed by atoms with Crippen molar-refractivity contribution in [1.82, 2.24) is 9.97 Å². The van der Waals surface area contributed by atoms with Gasteiger partial charge in [-0.1, -0.05) is 6.92 Å². The van der Waals surface area contributed by atoms with Crippen LogP contribution in [0.1, 0.15) is 67.1 Å². The van der Waals surface area contributed by atoms with Gasteiger partial charge in [0.25, 0.3) is 5.91 Å². The van der Waals surface area contributed by atoms with Crippen molar-refractivity contribution in [3.05, 3.63) is 70.9 Å². The zero-order chi connectivity index (χ0) is 27.2. The zero-order valence-corrected chi connectivity index (χ0v) is 21.1. The van der Waals surface area contributed by atoms with Crippen molar-refractivity contribution < 1.29 is 27.8 Å². The molecule has 5 rings (SSSR count). The number of nitrogens with one attached hydrogen (secondary N) is 1. The minimum absolute atomic E-state index is 0.00152. The van der Waals surface area contributed by atoms with Crippen LogP contribution < -0.4 is 15.8 Å². The van der Waals surface area contributed by atoms with Crippen LogP contribution in [0.2, 0.25) is 0 Å². The lowest BCUT2D eigenvalue weighted by atomic mass is 9.76. The summed E-state index contributed by atoms with van der Waals surface area (Å²) in [6.45, 7) is 3.56. The molecule has 10 heteroatoms. The van der Waals surface area contributed by atoms with Crippen molar-refractivity contribution in [3.63, 3.8) is 0 Å². The van der Waals surface area contributed by atoms with Crippen LogP contribution in [0.4, 0.5) is 18.9 Å². The van der Waals surface area contributed by atoms with E-state index in [1.54, 1.807) is 6.20 Å². The Balaban J connectivity index is 1.48. The van der Waals surface area contributed by atoms with E-state index in [0.29, 0.717) is 11.6 Å². The lowest BCUT2D eigenvalue weighted by Gasteiger charge is -2.32. The molecule has 2 aromatic heterocycles. The number of benzene rings is 1. The Kier molecular flexibility index (Phi) is 6.87. The van der Waals surface area contributed by atoms with Gasteiger partial charge in [0.1, 0.15) is 23.0 Å². The van der Waals surface area contributed by atoms with Crippen LogP contribution in [0.15, 0.2) is 36.7 Å². The average Bonchev–Trinajstić information content (AvgIpc) is 2.85. The molecule has 3 heterocycles. The molecular weight excluding hydrogens is 497 g/mol. The molecule has 1 aliphatic carbocycles. The number of nitrogens with two attached hydrogens (primary N) is 1. The van der Waals surface area contributed by atoms with Gasteiger partial charge >= 0.3 is 0 Å². The van der Waals surface area contributed by atoms with Crippen molar-refractivity contribution in [2.75, 3.05) is 11.9 Å². The minimum atomic E-state index is -1.51. The molecule has 1 aliphatic heterocycles. The van der Waals surface area contributed by atoms with Crippen LogP contribution in [0.3, 0.4) is 0 Å². The first-order valence-corrected chi connectivity index (χ1v) is 12.6. The summed E-state index contributed by atoms with van der Waals surface area (Å²) in [7, 11) is 0. The Hall–Kier alpha value is -3.50. The third-order valence-corrected chi connectivity index (χ3v) is 7.43. The molecule has 2 aliphatic rings. The van der Waals surface area contributed by atoms with Crippen LogP contribution in [0.5, 0.6) is 5.75 Å². The fourth-order valence-corrected chi connectivity index (χ4v) is 5.55. The molecule has 0 radical (unpaired) electrons. The average molecular weight is 527 g/mol. The summed E-state index contributed by atoms with van der Waals surface area (Å²) >= 11 is 0. The van der Waals surface area contributed by atoms with Crippen molar-refractivity contribution in [2.45, 2.75) is 57.1 Å². The van der Waals surface area contributed by atoms with Gasteiger partial charge in [-0.15, -0.1) is 0 Å². The van der Waals surface area contributed by atoms with E-state index in [4.69, 9.17) is 10.5 Å². The minimum Gasteiger partial charge on any atom is -0.490 e. The number of nitrogens with zero attached hydrogens (tertiary/aromatic N) is 2. The smallest absolute Gasteiger partial charge is 0.274 e. The number of amides is 1. The highest BCUT2D eigenvalue weighted by atomic mass is 19.1. The molecule has 4 atom stereocenters. The molecule has 4 N–H and O–H groups in total. The lowest BCUT2D eigenvalue weighted by Crippen LogP contribution is -2.31. The fourth-order valence-electron chi connectivity index (χ4n) is 5.55. The number of carbonyl (C=O) groups excluding carboxylic acids is 1. The molecule has 0 unspecified atom stereocenters. The van der Waals surface area contributed by atoms with Gasteiger partial charge in [-0.05, 0) is 67.9 Å². The third-order valence-electron chi connectivity index (χ3n) is 7.43. The predicted octanol–water partition coefficient (Wildman–Crippen LogP) is 5.03. The largest absolute Gasteiger partial charge is 0.490 e. The van der Waals surface area contributed by atoms with Crippen LogP contribution in [-0.4, -0.2) is 33.6 Å². The first kappa shape index (κ1) is 26.1. The second kappa shape index (κ2) is 9.99. The van der Waals surface area contributed by atoms with Gasteiger partial charge in [0, 0.05) is 24.2 Å². The van der Waals surface area contributed by atoms with Crippen LogP contribution in [-0.2, 0) is 5.60 Å². The van der Waals surface area contributed by atoms with Crippen molar-refractivity contribution in [2.24, 2.45) is 11.7 Å². The molecule has 0 spiro atoms. The number of rotatable bonds is 4. The fraction of sp³-hybridized carbons (Fsp3) is 0.393. The summed E-state index contributed by atoms with van der Waals surface area (Å²) in [6.07, 6.45) is 5.92. The third kappa shape index (κ3) is 4.86. The molecule has 1 fully saturated rings. The maximum atomic E-state index is 15.4. The van der Waals surface area contributed by atoms with Crippen molar-refractivity contribution >= 4 is 11.6 Å². The molecule has 7 nitrogen and oxygen atoms in total. The molecule has 3 aromatic rings. The molecule has 200 valence electrons. The molecule has 0 bridgehead atoms. The number of ether oxygens (including phenoxy) is 1. The summed E-state index contributed by atoms with van der Waals surface area (Å²) < 4.78 is 50.7. The first-order valence-electron chi connectivity index (χ1n) is 12.6. The second-order valence-corrected chi connectivity index (χ2v) is 10.5. The van der Waals surface area contributed by atoms with Crippen molar-refractivity contribution in [3.8, 4) is 17.0 Å². The van der Waals surface area contributed by atoms with Crippen LogP contribution >= 0.6 is 0 Å². The highest BCUT2D eigenvalue weighted by Crippen LogP contribution is 2.43. The van der Waals surface area contributed by atoms with E-state index in [1.165, 1.54) is 13.1 Å². The standard InChI is InChI=1S/C28H29F3N4O3/c1-14-9-15(11-16(32)10-14)17-5-7-33-13-22(17)35-27(36)21-4-3-19(29)25(34-21)23-20(30)12-18-26(24(23)31)38-8-6-28(18,2)37/h3-5,7,12-16,37H,6,8-11,32H2,1-2H3,(H,35,36)/t14-,15+,16-,28-/m0/s1. The summed E-state index contributed by atoms with van der Waals surface area (Å²) in [6, 6.07) is 4.87. The molecule has 1 saturated carbocycles. The number of fused-ring (bicyclic) bond motifs is 1. The number of aromatic nitrogens is 2. The number of anilines is 1. The molecule has 0 saturated heterocycles. The number of hydrogen-bond acceptors (Lipinski definition) is 6. The number of aliphatic hydroxyl groups is 1. The number of hydrogen-bond donors (Lipinski definition) is 3. The van der Waals surface area contributed by atoms with Gasteiger partial charge in [-0.3, -0.25) is 9.78 Å². The topological polar surface area (TPSA) is 110 Å². The monoisotopic (exact) mass is 526 g/mol. The Morgan fingerprint density at radius 1 is 1.18 bits per heavy atom. The SMILES string of the molecule is C[C@@H]1C[C@H](N)C[C@H](c2ccncc2NC(=O)c2ccc(F)c(-c3c(F)cc4c(c3F)OCC[C@]4(C)O)n2)C1. The summed E-state index contributed by atoms with van der Waals surface area (Å²) in [5.41, 5.74) is 4.31. The number of halogens is 3. The second-order valence-electron chi connectivity index (χ2n) is 10.5. The van der Waals surface area contributed by atoms with E-state index >= 15 is 8.78 Å². The van der Waals surface area contributed by atoms with Crippen LogP contribution in [0, 0.1) is 23.4 Å². The van der Waals surface area contributed by atoms with E-state index in [0.717, 1.165) is 43.0 Å². The van der Waals surface area contributed by atoms with Gasteiger partial charge < -0.3 is 20.9 Å². The maximum Gasteiger partial charge on any atom is 0.274 e. The van der Waals surface area contributed by atoms with Crippen LogP contribution in [0.25, 0.3) is 11.3 Å².